The molecule has 72 valence electrons. The van der Waals surface area contributed by atoms with Gasteiger partial charge in [0.15, 0.2) is 0 Å². The van der Waals surface area contributed by atoms with Crippen LogP contribution < -0.4 is 5.56 Å². The highest BCUT2D eigenvalue weighted by molar-refractivity contribution is 5.80. The van der Waals surface area contributed by atoms with Crippen LogP contribution in [0.5, 0.6) is 0 Å². The van der Waals surface area contributed by atoms with Gasteiger partial charge in [0.25, 0.3) is 5.56 Å². The second-order valence-electron chi connectivity index (χ2n) is 3.81. The number of benzene rings is 1. The molecule has 0 spiro atoms. The molecule has 0 amide bonds. The van der Waals surface area contributed by atoms with Gasteiger partial charge in [0.2, 0.25) is 0 Å². The van der Waals surface area contributed by atoms with Crippen molar-refractivity contribution in [1.29, 1.82) is 0 Å². The summed E-state index contributed by atoms with van der Waals surface area (Å²) in [6.07, 6.45) is 0. The number of aryl methyl sites for hydroxylation is 3. The zero-order valence-electron chi connectivity index (χ0n) is 8.64. The maximum Gasteiger partial charge on any atom is 0.251 e. The van der Waals surface area contributed by atoms with Crippen LogP contribution in [0, 0.1) is 20.8 Å². The van der Waals surface area contributed by atoms with Crippen molar-refractivity contribution in [2.45, 2.75) is 20.8 Å². The molecule has 2 nitrogen and oxygen atoms in total. The predicted octanol–water partition coefficient (Wildman–Crippen LogP) is 2.45. The smallest absolute Gasteiger partial charge is 0.251 e. The maximum atomic E-state index is 11.4. The summed E-state index contributed by atoms with van der Waals surface area (Å²) < 4.78 is 0. The van der Waals surface area contributed by atoms with Crippen LogP contribution in [0.4, 0.5) is 0 Å². The summed E-state index contributed by atoms with van der Waals surface area (Å²) in [7, 11) is 0. The van der Waals surface area contributed by atoms with E-state index in [1.54, 1.807) is 0 Å². The number of hydrogen-bond donors (Lipinski definition) is 1. The molecule has 14 heavy (non-hydrogen) atoms. The van der Waals surface area contributed by atoms with Crippen molar-refractivity contribution in [1.82, 2.24) is 4.98 Å². The first-order chi connectivity index (χ1) is 6.58. The molecule has 0 radical (unpaired) electrons. The predicted molar refractivity (Wildman–Crippen MR) is 58.8 cm³/mol. The highest BCUT2D eigenvalue weighted by atomic mass is 16.1. The lowest BCUT2D eigenvalue weighted by Gasteiger charge is -2.04. The van der Waals surface area contributed by atoms with Crippen molar-refractivity contribution in [3.8, 4) is 0 Å². The number of H-pyrrole nitrogens is 1. The molecule has 0 saturated heterocycles. The molecule has 0 fully saturated rings. The van der Waals surface area contributed by atoms with Gasteiger partial charge >= 0.3 is 0 Å². The van der Waals surface area contributed by atoms with E-state index in [0.29, 0.717) is 0 Å². The highest BCUT2D eigenvalue weighted by Crippen LogP contribution is 2.16. The van der Waals surface area contributed by atoms with Gasteiger partial charge in [-0.3, -0.25) is 4.79 Å². The number of pyridine rings is 1. The zero-order chi connectivity index (χ0) is 10.3. The van der Waals surface area contributed by atoms with Crippen molar-refractivity contribution in [2.24, 2.45) is 0 Å². The Balaban J connectivity index is 2.90. The zero-order valence-corrected chi connectivity index (χ0v) is 8.64. The van der Waals surface area contributed by atoms with Crippen LogP contribution in [-0.4, -0.2) is 4.98 Å². The van der Waals surface area contributed by atoms with E-state index in [2.05, 4.69) is 18.0 Å². The number of fused-ring (bicyclic) bond motifs is 1. The Morgan fingerprint density at radius 3 is 2.21 bits per heavy atom. The van der Waals surface area contributed by atoms with Gasteiger partial charge in [-0.05, 0) is 55.5 Å². The molecule has 2 aromatic rings. The Labute approximate surface area is 82.6 Å². The minimum Gasteiger partial charge on any atom is -0.322 e. The summed E-state index contributed by atoms with van der Waals surface area (Å²) in [6.45, 7) is 5.95. The average molecular weight is 187 g/mol. The van der Waals surface area contributed by atoms with E-state index in [-0.39, 0.29) is 5.56 Å². The van der Waals surface area contributed by atoms with Gasteiger partial charge < -0.3 is 4.98 Å². The van der Waals surface area contributed by atoms with Gasteiger partial charge in [-0.1, -0.05) is 0 Å². The maximum absolute atomic E-state index is 11.4. The molecule has 0 aliphatic carbocycles. The largest absolute Gasteiger partial charge is 0.322 e. The second-order valence-corrected chi connectivity index (χ2v) is 3.81. The molecule has 0 aliphatic rings. The quantitative estimate of drug-likeness (QED) is 0.675. The van der Waals surface area contributed by atoms with Crippen LogP contribution in [0.2, 0.25) is 0 Å². The van der Waals surface area contributed by atoms with Gasteiger partial charge in [0.1, 0.15) is 0 Å². The Morgan fingerprint density at radius 1 is 0.929 bits per heavy atom. The molecule has 2 rings (SSSR count). The van der Waals surface area contributed by atoms with Crippen LogP contribution in [0.25, 0.3) is 10.9 Å². The third-order valence-electron chi connectivity index (χ3n) is 2.64. The molecule has 0 bridgehead atoms. The van der Waals surface area contributed by atoms with Crippen LogP contribution in [0.15, 0.2) is 23.0 Å². The summed E-state index contributed by atoms with van der Waals surface area (Å²) in [4.78, 5) is 14.2. The third-order valence-corrected chi connectivity index (χ3v) is 2.64. The lowest BCUT2D eigenvalue weighted by Crippen LogP contribution is -2.08. The van der Waals surface area contributed by atoms with Gasteiger partial charge in [-0.25, -0.2) is 0 Å². The van der Waals surface area contributed by atoms with Crippen LogP contribution in [-0.2, 0) is 0 Å². The summed E-state index contributed by atoms with van der Waals surface area (Å²) in [5.41, 5.74) is 4.14. The van der Waals surface area contributed by atoms with Gasteiger partial charge in [0, 0.05) is 11.1 Å². The molecule has 2 heteroatoms. The lowest BCUT2D eigenvalue weighted by atomic mass is 10.1. The third kappa shape index (κ3) is 1.33. The first kappa shape index (κ1) is 9.00. The number of nitrogens with one attached hydrogen (secondary N) is 1. The van der Waals surface area contributed by atoms with Crippen molar-refractivity contribution < 1.29 is 0 Å². The molecule has 0 aliphatic heterocycles. The Hall–Kier alpha value is -1.57. The minimum atomic E-state index is 0.000697. The molecule has 0 atom stereocenters. The minimum absolute atomic E-state index is 0.000697. The van der Waals surface area contributed by atoms with Crippen molar-refractivity contribution in [3.05, 3.63) is 45.2 Å². The van der Waals surface area contributed by atoms with E-state index in [1.807, 2.05) is 26.0 Å². The van der Waals surface area contributed by atoms with E-state index in [4.69, 9.17) is 0 Å². The van der Waals surface area contributed by atoms with E-state index < -0.39 is 0 Å². The summed E-state index contributed by atoms with van der Waals surface area (Å²) in [5, 5.41) is 1.10. The van der Waals surface area contributed by atoms with Gasteiger partial charge in [0.05, 0.1) is 0 Å². The molecular formula is C12H13NO. The highest BCUT2D eigenvalue weighted by Gasteiger charge is 2.00. The fourth-order valence-electron chi connectivity index (χ4n) is 1.59. The SMILES string of the molecule is Cc1cc2cc(C)c(=O)[nH]c2cc1C. The Morgan fingerprint density at radius 2 is 1.50 bits per heavy atom. The number of aromatic nitrogens is 1. The van der Waals surface area contributed by atoms with E-state index in [9.17, 15) is 4.79 Å². The van der Waals surface area contributed by atoms with Crippen molar-refractivity contribution in [3.63, 3.8) is 0 Å². The van der Waals surface area contributed by atoms with Crippen LogP contribution in [0.3, 0.4) is 0 Å². The van der Waals surface area contributed by atoms with Crippen molar-refractivity contribution >= 4 is 10.9 Å². The van der Waals surface area contributed by atoms with Crippen molar-refractivity contribution in [2.75, 3.05) is 0 Å². The normalized spacial score (nSPS) is 10.8. The molecule has 0 saturated carbocycles. The van der Waals surface area contributed by atoms with Crippen LogP contribution in [0.1, 0.15) is 16.7 Å². The summed E-state index contributed by atoms with van der Waals surface area (Å²) in [6, 6.07) is 6.06. The Kier molecular flexibility index (Phi) is 1.92. The summed E-state index contributed by atoms with van der Waals surface area (Å²) in [5.74, 6) is 0. The van der Waals surface area contributed by atoms with E-state index in [0.717, 1.165) is 16.5 Å². The average Bonchev–Trinajstić information content (AvgIpc) is 2.11. The summed E-state index contributed by atoms with van der Waals surface area (Å²) >= 11 is 0. The monoisotopic (exact) mass is 187 g/mol. The van der Waals surface area contributed by atoms with Gasteiger partial charge in [-0.2, -0.15) is 0 Å². The Bertz CT molecular complexity index is 552. The molecule has 1 aromatic carbocycles. The lowest BCUT2D eigenvalue weighted by molar-refractivity contribution is 1.22. The molecule has 1 N–H and O–H groups in total. The standard InChI is InChI=1S/C12H13NO/c1-7-4-10-5-9(3)12(14)13-11(10)6-8(7)2/h4-6H,1-3H3,(H,13,14). The fourth-order valence-corrected chi connectivity index (χ4v) is 1.59. The van der Waals surface area contributed by atoms with Crippen LogP contribution >= 0.6 is 0 Å². The topological polar surface area (TPSA) is 32.9 Å². The molecule has 0 unspecified atom stereocenters. The molecule has 1 aromatic heterocycles. The number of aromatic amines is 1. The van der Waals surface area contributed by atoms with E-state index >= 15 is 0 Å². The number of hydrogen-bond acceptors (Lipinski definition) is 1. The molecular weight excluding hydrogens is 174 g/mol. The second kappa shape index (κ2) is 2.98. The fraction of sp³-hybridized carbons (Fsp3) is 0.250. The molecule has 1 heterocycles. The van der Waals surface area contributed by atoms with E-state index in [1.165, 1.54) is 11.1 Å². The first-order valence-electron chi connectivity index (χ1n) is 4.69. The van der Waals surface area contributed by atoms with Gasteiger partial charge in [-0.15, -0.1) is 0 Å². The number of rotatable bonds is 0. The first-order valence-corrected chi connectivity index (χ1v) is 4.69.